The number of aromatic nitrogens is 2. The van der Waals surface area contributed by atoms with E-state index in [1.165, 1.54) is 19.3 Å². The normalized spacial score (nSPS) is 13.6. The van der Waals surface area contributed by atoms with Crippen LogP contribution in [0.5, 0.6) is 0 Å². The van der Waals surface area contributed by atoms with Gasteiger partial charge in [0.15, 0.2) is 0 Å². The summed E-state index contributed by atoms with van der Waals surface area (Å²) in [4.78, 5) is 11.5. The molecule has 0 fully saturated rings. The molecule has 0 aliphatic heterocycles. The molecule has 3 N–H and O–H groups in total. The summed E-state index contributed by atoms with van der Waals surface area (Å²) in [5.74, 6) is -0.368. The maximum absolute atomic E-state index is 11.7. The van der Waals surface area contributed by atoms with Crippen LogP contribution in [0.4, 0.5) is 0 Å². The Hall–Kier alpha value is -1.41. The third-order valence-electron chi connectivity index (χ3n) is 1.94. The van der Waals surface area contributed by atoms with Crippen molar-refractivity contribution in [2.45, 2.75) is 37.8 Å². The summed E-state index contributed by atoms with van der Waals surface area (Å²) in [6.07, 6.45) is 2.42. The van der Waals surface area contributed by atoms with E-state index >= 15 is 0 Å². The van der Waals surface area contributed by atoms with Gasteiger partial charge in [0.1, 0.15) is 4.90 Å². The van der Waals surface area contributed by atoms with Crippen LogP contribution in [-0.4, -0.2) is 36.6 Å². The Balaban J connectivity index is 2.69. The summed E-state index contributed by atoms with van der Waals surface area (Å²) in [5, 5.41) is 8.57. The first-order valence-corrected chi connectivity index (χ1v) is 6.62. The lowest BCUT2D eigenvalue weighted by Gasteiger charge is -2.15. The molecule has 1 aromatic heterocycles. The molecule has 1 rings (SSSR count). The largest absolute Gasteiger partial charge is 0.353 e. The van der Waals surface area contributed by atoms with Gasteiger partial charge >= 0.3 is 0 Å². The van der Waals surface area contributed by atoms with Crippen LogP contribution in [0.2, 0.25) is 0 Å². The van der Waals surface area contributed by atoms with E-state index in [1.807, 2.05) is 0 Å². The molecule has 96 valence electrons. The number of carbonyl (C=O) groups is 1. The van der Waals surface area contributed by atoms with Crippen LogP contribution in [0, 0.1) is 0 Å². The average Bonchev–Trinajstić information content (AvgIpc) is 2.68. The maximum atomic E-state index is 11.7. The van der Waals surface area contributed by atoms with Gasteiger partial charge in [0.05, 0.1) is 12.2 Å². The first kappa shape index (κ1) is 13.7. The molecule has 1 aromatic rings. The van der Waals surface area contributed by atoms with Gasteiger partial charge in [0.2, 0.25) is 15.9 Å². The van der Waals surface area contributed by atoms with E-state index < -0.39 is 16.1 Å². The Labute approximate surface area is 100 Å². The summed E-state index contributed by atoms with van der Waals surface area (Å²) in [7, 11) is -3.70. The van der Waals surface area contributed by atoms with Crippen LogP contribution in [0.25, 0.3) is 0 Å². The van der Waals surface area contributed by atoms with Crippen molar-refractivity contribution in [3.05, 3.63) is 12.4 Å². The minimum atomic E-state index is -3.70. The van der Waals surface area contributed by atoms with E-state index in [2.05, 4.69) is 20.2 Å². The summed E-state index contributed by atoms with van der Waals surface area (Å²) in [6, 6.07) is -0.874. The van der Waals surface area contributed by atoms with Crippen molar-refractivity contribution in [2.24, 2.45) is 0 Å². The molecule has 0 aliphatic carbocycles. The fourth-order valence-electron chi connectivity index (χ4n) is 1.15. The number of carbonyl (C=O) groups excluding carboxylic acids is 1. The van der Waals surface area contributed by atoms with Gasteiger partial charge in [-0.15, -0.1) is 0 Å². The number of hydrogen-bond donors (Lipinski definition) is 3. The molecule has 1 heterocycles. The molecule has 1 amide bonds. The van der Waals surface area contributed by atoms with Crippen molar-refractivity contribution in [3.63, 3.8) is 0 Å². The van der Waals surface area contributed by atoms with Gasteiger partial charge in [0, 0.05) is 12.2 Å². The number of sulfonamides is 1. The quantitative estimate of drug-likeness (QED) is 0.670. The Kier molecular flexibility index (Phi) is 4.24. The van der Waals surface area contributed by atoms with Crippen molar-refractivity contribution in [1.29, 1.82) is 0 Å². The smallest absolute Gasteiger partial charge is 0.244 e. The zero-order valence-electron chi connectivity index (χ0n) is 9.89. The fraction of sp³-hybridized carbons (Fsp3) is 0.556. The van der Waals surface area contributed by atoms with Gasteiger partial charge in [-0.25, -0.2) is 8.42 Å². The fourth-order valence-corrected chi connectivity index (χ4v) is 2.26. The number of hydrogen-bond acceptors (Lipinski definition) is 4. The van der Waals surface area contributed by atoms with E-state index in [9.17, 15) is 13.2 Å². The third-order valence-corrected chi connectivity index (χ3v) is 3.45. The molecule has 0 spiro atoms. The lowest BCUT2D eigenvalue weighted by atomic mass is 10.3. The number of nitrogens with zero attached hydrogens (tertiary/aromatic N) is 1. The minimum Gasteiger partial charge on any atom is -0.353 e. The van der Waals surface area contributed by atoms with Crippen LogP contribution >= 0.6 is 0 Å². The molecule has 1 unspecified atom stereocenters. The van der Waals surface area contributed by atoms with Gasteiger partial charge in [-0.2, -0.15) is 9.82 Å². The van der Waals surface area contributed by atoms with Crippen LogP contribution in [0.3, 0.4) is 0 Å². The lowest BCUT2D eigenvalue weighted by Crippen LogP contribution is -2.46. The Morgan fingerprint density at radius 3 is 2.53 bits per heavy atom. The van der Waals surface area contributed by atoms with Crippen LogP contribution < -0.4 is 10.0 Å². The predicted molar refractivity (Wildman–Crippen MR) is 61.6 cm³/mol. The molecule has 7 nitrogen and oxygen atoms in total. The van der Waals surface area contributed by atoms with Gasteiger partial charge < -0.3 is 5.32 Å². The number of nitrogens with one attached hydrogen (secondary N) is 3. The van der Waals surface area contributed by atoms with Crippen LogP contribution in [0.15, 0.2) is 17.3 Å². The van der Waals surface area contributed by atoms with Gasteiger partial charge in [-0.3, -0.25) is 9.89 Å². The van der Waals surface area contributed by atoms with E-state index in [0.29, 0.717) is 0 Å². The molecule has 0 saturated carbocycles. The number of amides is 1. The molecule has 0 aliphatic rings. The summed E-state index contributed by atoms with van der Waals surface area (Å²) in [6.45, 7) is 5.08. The first-order chi connectivity index (χ1) is 7.83. The predicted octanol–water partition coefficient (Wildman–Crippen LogP) is -0.399. The molecule has 0 bridgehead atoms. The van der Waals surface area contributed by atoms with Crippen molar-refractivity contribution >= 4 is 15.9 Å². The zero-order valence-corrected chi connectivity index (χ0v) is 10.7. The molecule has 17 heavy (non-hydrogen) atoms. The second kappa shape index (κ2) is 5.28. The molecule has 8 heteroatoms. The monoisotopic (exact) mass is 260 g/mol. The second-order valence-electron chi connectivity index (χ2n) is 3.94. The van der Waals surface area contributed by atoms with Crippen LogP contribution in [-0.2, 0) is 14.8 Å². The first-order valence-electron chi connectivity index (χ1n) is 5.14. The summed E-state index contributed by atoms with van der Waals surface area (Å²) >= 11 is 0. The van der Waals surface area contributed by atoms with Crippen molar-refractivity contribution in [3.8, 4) is 0 Å². The van der Waals surface area contributed by atoms with E-state index in [0.717, 1.165) is 0 Å². The Morgan fingerprint density at radius 2 is 2.06 bits per heavy atom. The molecular formula is C9H16N4O3S. The minimum absolute atomic E-state index is 0.00157. The highest BCUT2D eigenvalue weighted by atomic mass is 32.2. The number of aromatic amines is 1. The van der Waals surface area contributed by atoms with Gasteiger partial charge in [0.25, 0.3) is 0 Å². The highest BCUT2D eigenvalue weighted by molar-refractivity contribution is 7.89. The van der Waals surface area contributed by atoms with Crippen LogP contribution in [0.1, 0.15) is 20.8 Å². The molecular weight excluding hydrogens is 244 g/mol. The van der Waals surface area contributed by atoms with E-state index in [-0.39, 0.29) is 16.8 Å². The topological polar surface area (TPSA) is 104 Å². The molecule has 0 saturated heterocycles. The summed E-state index contributed by atoms with van der Waals surface area (Å²) < 4.78 is 25.7. The van der Waals surface area contributed by atoms with Gasteiger partial charge in [-0.1, -0.05) is 0 Å². The number of rotatable bonds is 5. The highest BCUT2D eigenvalue weighted by Gasteiger charge is 2.22. The molecule has 0 aromatic carbocycles. The number of H-pyrrole nitrogens is 1. The SMILES string of the molecule is CC(C)NC(=O)C(C)NS(=O)(=O)c1cn[nH]c1. The molecule has 0 radical (unpaired) electrons. The van der Waals surface area contributed by atoms with E-state index in [4.69, 9.17) is 0 Å². The molecule has 1 atom stereocenters. The van der Waals surface area contributed by atoms with Crippen molar-refractivity contribution < 1.29 is 13.2 Å². The van der Waals surface area contributed by atoms with Crippen molar-refractivity contribution in [1.82, 2.24) is 20.2 Å². The van der Waals surface area contributed by atoms with Gasteiger partial charge in [-0.05, 0) is 20.8 Å². The van der Waals surface area contributed by atoms with E-state index in [1.54, 1.807) is 13.8 Å². The third kappa shape index (κ3) is 3.82. The van der Waals surface area contributed by atoms with Crippen molar-refractivity contribution in [2.75, 3.05) is 0 Å². The standard InChI is InChI=1S/C9H16N4O3S/c1-6(2)12-9(14)7(3)13-17(15,16)8-4-10-11-5-8/h4-7,13H,1-3H3,(H,10,11)(H,12,14). The zero-order chi connectivity index (χ0) is 13.1. The Morgan fingerprint density at radius 1 is 1.41 bits per heavy atom. The highest BCUT2D eigenvalue weighted by Crippen LogP contribution is 2.05. The Bertz CT molecular complexity index is 466. The maximum Gasteiger partial charge on any atom is 0.244 e. The summed E-state index contributed by atoms with van der Waals surface area (Å²) in [5.41, 5.74) is 0. The lowest BCUT2D eigenvalue weighted by molar-refractivity contribution is -0.122. The average molecular weight is 260 g/mol. The second-order valence-corrected chi connectivity index (χ2v) is 5.65.